The normalized spacial score (nSPS) is 17.3. The zero-order valence-corrected chi connectivity index (χ0v) is 13.5. The molecule has 0 aliphatic carbocycles. The molecule has 23 heavy (non-hydrogen) atoms. The van der Waals surface area contributed by atoms with Crippen molar-refractivity contribution in [2.24, 2.45) is 11.7 Å². The lowest BCUT2D eigenvalue weighted by Crippen LogP contribution is -2.33. The van der Waals surface area contributed by atoms with Crippen LogP contribution in [0, 0.1) is 12.8 Å². The number of nitrogens with two attached hydrogens (primary N) is 1. The van der Waals surface area contributed by atoms with E-state index in [1.807, 2.05) is 23.1 Å². The molecule has 2 aromatic carbocycles. The molecule has 1 aliphatic heterocycles. The van der Waals surface area contributed by atoms with Crippen LogP contribution in [-0.4, -0.2) is 30.6 Å². The van der Waals surface area contributed by atoms with E-state index in [1.54, 1.807) is 0 Å². The molecule has 1 saturated heterocycles. The van der Waals surface area contributed by atoms with Gasteiger partial charge in [-0.2, -0.15) is 0 Å². The van der Waals surface area contributed by atoms with Crippen LogP contribution in [0.1, 0.15) is 12.0 Å². The van der Waals surface area contributed by atoms with Gasteiger partial charge in [0, 0.05) is 18.8 Å². The number of anilines is 1. The third-order valence-electron chi connectivity index (χ3n) is 4.41. The van der Waals surface area contributed by atoms with E-state index in [0.717, 1.165) is 36.3 Å². The largest absolute Gasteiger partial charge is 0.330 e. The molecule has 1 fully saturated rings. The number of likely N-dealkylation sites (tertiary alicyclic amines) is 1. The summed E-state index contributed by atoms with van der Waals surface area (Å²) in [6.45, 7) is 4.25. The highest BCUT2D eigenvalue weighted by atomic mass is 16.2. The number of carbonyl (C=O) groups excluding carboxylic acids is 1. The smallest absolute Gasteiger partial charge is 0.321 e. The summed E-state index contributed by atoms with van der Waals surface area (Å²) in [7, 11) is 0. The summed E-state index contributed by atoms with van der Waals surface area (Å²) in [5, 5.41) is 3.00. The summed E-state index contributed by atoms with van der Waals surface area (Å²) in [6, 6.07) is 16.3. The number of rotatable bonds is 3. The van der Waals surface area contributed by atoms with Gasteiger partial charge >= 0.3 is 6.03 Å². The molecule has 120 valence electrons. The Balaban J connectivity index is 1.70. The van der Waals surface area contributed by atoms with E-state index in [4.69, 9.17) is 5.73 Å². The summed E-state index contributed by atoms with van der Waals surface area (Å²) >= 11 is 0. The Bertz CT molecular complexity index is 681. The zero-order chi connectivity index (χ0) is 16.2. The maximum Gasteiger partial charge on any atom is 0.321 e. The quantitative estimate of drug-likeness (QED) is 0.912. The molecule has 0 spiro atoms. The minimum Gasteiger partial charge on any atom is -0.330 e. The Hall–Kier alpha value is -2.33. The van der Waals surface area contributed by atoms with Gasteiger partial charge in [-0.25, -0.2) is 4.79 Å². The highest BCUT2D eigenvalue weighted by molar-refractivity contribution is 5.90. The Morgan fingerprint density at radius 1 is 1.22 bits per heavy atom. The van der Waals surface area contributed by atoms with Crippen molar-refractivity contribution in [3.05, 3.63) is 54.1 Å². The van der Waals surface area contributed by atoms with Gasteiger partial charge in [0.2, 0.25) is 0 Å². The molecule has 1 unspecified atom stereocenters. The lowest BCUT2D eigenvalue weighted by atomic mass is 10.0. The number of urea groups is 1. The molecule has 0 bridgehead atoms. The summed E-state index contributed by atoms with van der Waals surface area (Å²) < 4.78 is 0. The van der Waals surface area contributed by atoms with Gasteiger partial charge in [-0.05, 0) is 49.1 Å². The van der Waals surface area contributed by atoms with Crippen LogP contribution >= 0.6 is 0 Å². The standard InChI is InChI=1S/C19H23N3O/c1-14-5-7-16(8-6-14)17-3-2-4-18(11-17)21-19(23)22-10-9-15(12-20)13-22/h2-8,11,15H,9-10,12-13,20H2,1H3,(H,21,23). The van der Waals surface area contributed by atoms with Crippen LogP contribution in [0.15, 0.2) is 48.5 Å². The number of hydrogen-bond acceptors (Lipinski definition) is 2. The van der Waals surface area contributed by atoms with Crippen molar-refractivity contribution in [3.8, 4) is 11.1 Å². The van der Waals surface area contributed by atoms with Crippen molar-refractivity contribution in [2.75, 3.05) is 25.0 Å². The monoisotopic (exact) mass is 309 g/mol. The number of nitrogens with one attached hydrogen (secondary N) is 1. The summed E-state index contributed by atoms with van der Waals surface area (Å²) in [4.78, 5) is 14.2. The van der Waals surface area contributed by atoms with Crippen molar-refractivity contribution in [2.45, 2.75) is 13.3 Å². The first kappa shape index (κ1) is 15.6. The van der Waals surface area contributed by atoms with Crippen LogP contribution in [0.25, 0.3) is 11.1 Å². The van der Waals surface area contributed by atoms with Crippen LogP contribution in [0.4, 0.5) is 10.5 Å². The molecule has 1 atom stereocenters. The molecule has 0 radical (unpaired) electrons. The van der Waals surface area contributed by atoms with E-state index in [0.29, 0.717) is 12.5 Å². The van der Waals surface area contributed by atoms with E-state index in [1.165, 1.54) is 5.56 Å². The fourth-order valence-electron chi connectivity index (χ4n) is 2.93. The highest BCUT2D eigenvalue weighted by Crippen LogP contribution is 2.24. The van der Waals surface area contributed by atoms with Crippen LogP contribution in [0.3, 0.4) is 0 Å². The molecule has 2 aromatic rings. The number of nitrogens with zero attached hydrogens (tertiary/aromatic N) is 1. The number of benzene rings is 2. The first-order chi connectivity index (χ1) is 11.2. The van der Waals surface area contributed by atoms with Crippen molar-refractivity contribution in [1.82, 2.24) is 4.90 Å². The second-order valence-electron chi connectivity index (χ2n) is 6.21. The van der Waals surface area contributed by atoms with E-state index >= 15 is 0 Å². The number of hydrogen-bond donors (Lipinski definition) is 2. The summed E-state index contributed by atoms with van der Waals surface area (Å²) in [6.07, 6.45) is 0.993. The Labute approximate surface area is 137 Å². The Kier molecular flexibility index (Phi) is 4.63. The predicted molar refractivity (Wildman–Crippen MR) is 94.4 cm³/mol. The Morgan fingerprint density at radius 3 is 2.70 bits per heavy atom. The van der Waals surface area contributed by atoms with Gasteiger partial charge in [-0.15, -0.1) is 0 Å². The van der Waals surface area contributed by atoms with Gasteiger partial charge in [0.1, 0.15) is 0 Å². The molecule has 0 saturated carbocycles. The number of amides is 2. The molecule has 3 rings (SSSR count). The maximum absolute atomic E-state index is 12.3. The van der Waals surface area contributed by atoms with Crippen molar-refractivity contribution in [3.63, 3.8) is 0 Å². The van der Waals surface area contributed by atoms with E-state index in [2.05, 4.69) is 42.6 Å². The molecule has 1 heterocycles. The fraction of sp³-hybridized carbons (Fsp3) is 0.316. The summed E-state index contributed by atoms with van der Waals surface area (Å²) in [5.74, 6) is 0.430. The van der Waals surface area contributed by atoms with E-state index < -0.39 is 0 Å². The second-order valence-corrected chi connectivity index (χ2v) is 6.21. The maximum atomic E-state index is 12.3. The lowest BCUT2D eigenvalue weighted by molar-refractivity contribution is 0.221. The third kappa shape index (κ3) is 3.71. The van der Waals surface area contributed by atoms with Crippen LogP contribution in [0.5, 0.6) is 0 Å². The lowest BCUT2D eigenvalue weighted by Gasteiger charge is -2.17. The molecule has 1 aliphatic rings. The molecule has 4 heteroatoms. The summed E-state index contributed by atoms with van der Waals surface area (Å²) in [5.41, 5.74) is 10.00. The van der Waals surface area contributed by atoms with E-state index in [9.17, 15) is 4.79 Å². The molecular weight excluding hydrogens is 286 g/mol. The number of carbonyl (C=O) groups is 1. The fourth-order valence-corrected chi connectivity index (χ4v) is 2.93. The molecule has 0 aromatic heterocycles. The first-order valence-electron chi connectivity index (χ1n) is 8.09. The van der Waals surface area contributed by atoms with Gasteiger partial charge in [0.05, 0.1) is 0 Å². The molecular formula is C19H23N3O. The van der Waals surface area contributed by atoms with Gasteiger partial charge in [0.15, 0.2) is 0 Å². The minimum absolute atomic E-state index is 0.0398. The first-order valence-corrected chi connectivity index (χ1v) is 8.09. The third-order valence-corrected chi connectivity index (χ3v) is 4.41. The second kappa shape index (κ2) is 6.84. The van der Waals surface area contributed by atoms with Gasteiger partial charge < -0.3 is 16.0 Å². The number of aryl methyl sites for hydroxylation is 1. The van der Waals surface area contributed by atoms with Gasteiger partial charge in [-0.1, -0.05) is 42.0 Å². The van der Waals surface area contributed by atoms with Crippen molar-refractivity contribution >= 4 is 11.7 Å². The predicted octanol–water partition coefficient (Wildman–Crippen LogP) is 3.47. The molecule has 3 N–H and O–H groups in total. The SMILES string of the molecule is Cc1ccc(-c2cccc(NC(=O)N3CCC(CN)C3)c2)cc1. The molecule has 2 amide bonds. The molecule has 4 nitrogen and oxygen atoms in total. The minimum atomic E-state index is -0.0398. The zero-order valence-electron chi connectivity index (χ0n) is 13.5. The van der Waals surface area contributed by atoms with Crippen LogP contribution in [0.2, 0.25) is 0 Å². The topological polar surface area (TPSA) is 58.4 Å². The van der Waals surface area contributed by atoms with Crippen LogP contribution < -0.4 is 11.1 Å². The Morgan fingerprint density at radius 2 is 2.00 bits per heavy atom. The van der Waals surface area contributed by atoms with E-state index in [-0.39, 0.29) is 6.03 Å². The van der Waals surface area contributed by atoms with Crippen LogP contribution in [-0.2, 0) is 0 Å². The van der Waals surface area contributed by atoms with Gasteiger partial charge in [-0.3, -0.25) is 0 Å². The van der Waals surface area contributed by atoms with Crippen molar-refractivity contribution in [1.29, 1.82) is 0 Å². The average Bonchev–Trinajstić information content (AvgIpc) is 3.05. The van der Waals surface area contributed by atoms with Gasteiger partial charge in [0.25, 0.3) is 0 Å². The average molecular weight is 309 g/mol. The van der Waals surface area contributed by atoms with Crippen molar-refractivity contribution < 1.29 is 4.79 Å². The highest BCUT2D eigenvalue weighted by Gasteiger charge is 2.25.